The van der Waals surface area contributed by atoms with Gasteiger partial charge in [0.05, 0.1) is 29.4 Å². The number of hydrogen-bond acceptors (Lipinski definition) is 9. The molecule has 3 aromatic rings. The molecule has 1 N–H and O–H groups in total. The highest BCUT2D eigenvalue weighted by molar-refractivity contribution is 7.81. The number of nitrogens with zero attached hydrogens (tertiary/aromatic N) is 5. The third-order valence-electron chi connectivity index (χ3n) is 12.1. The molecule has 15 heteroatoms. The molecule has 0 aromatic heterocycles. The van der Waals surface area contributed by atoms with Crippen LogP contribution in [0.5, 0.6) is 5.75 Å². The summed E-state index contributed by atoms with van der Waals surface area (Å²) in [5, 5.41) is 11.8. The van der Waals surface area contributed by atoms with Crippen LogP contribution in [-0.2, 0) is 44.6 Å². The van der Waals surface area contributed by atoms with Crippen LogP contribution in [0.4, 0.5) is 24.5 Å². The summed E-state index contributed by atoms with van der Waals surface area (Å²) < 4.78 is 47.9. The highest BCUT2D eigenvalue weighted by Gasteiger charge is 2.59. The highest BCUT2D eigenvalue weighted by atomic mass is 32.1. The van der Waals surface area contributed by atoms with Crippen LogP contribution in [0, 0.1) is 17.2 Å². The number of piperidine rings is 1. The number of imide groups is 1. The van der Waals surface area contributed by atoms with Gasteiger partial charge in [-0.1, -0.05) is 31.2 Å². The summed E-state index contributed by atoms with van der Waals surface area (Å²) in [6.45, 7) is 7.89. The van der Waals surface area contributed by atoms with Gasteiger partial charge in [0.2, 0.25) is 11.8 Å². The van der Waals surface area contributed by atoms with Crippen LogP contribution in [-0.4, -0.2) is 89.3 Å². The number of aryl methyl sites for hydroxylation is 1. The van der Waals surface area contributed by atoms with E-state index in [0.29, 0.717) is 76.1 Å². The number of amides is 3. The molecule has 3 aliphatic heterocycles. The quantitative estimate of drug-likeness (QED) is 0.162. The molecule has 0 bridgehead atoms. The predicted octanol–water partition coefficient (Wildman–Crippen LogP) is 5.99. The average Bonchev–Trinajstić information content (AvgIpc) is 3.42. The topological polar surface area (TPSA) is 126 Å². The zero-order valence-corrected chi connectivity index (χ0v) is 34.0. The van der Waals surface area contributed by atoms with Crippen molar-refractivity contribution in [1.82, 2.24) is 15.1 Å². The van der Waals surface area contributed by atoms with E-state index in [9.17, 15) is 37.6 Å². The molecule has 0 radical (unpaired) electrons. The summed E-state index contributed by atoms with van der Waals surface area (Å²) in [7, 11) is 0. The summed E-state index contributed by atoms with van der Waals surface area (Å²) >= 11 is 5.82. The van der Waals surface area contributed by atoms with Crippen molar-refractivity contribution in [3.63, 3.8) is 0 Å². The van der Waals surface area contributed by atoms with Crippen molar-refractivity contribution in [1.29, 1.82) is 5.26 Å². The van der Waals surface area contributed by atoms with Gasteiger partial charge >= 0.3 is 6.18 Å². The van der Waals surface area contributed by atoms with Gasteiger partial charge in [0.15, 0.2) is 10.9 Å². The van der Waals surface area contributed by atoms with E-state index in [2.05, 4.69) is 22.0 Å². The van der Waals surface area contributed by atoms with Crippen LogP contribution in [0.3, 0.4) is 0 Å². The predicted molar refractivity (Wildman–Crippen MR) is 219 cm³/mol. The molecule has 3 heterocycles. The summed E-state index contributed by atoms with van der Waals surface area (Å²) in [6, 6.07) is 18.4. The number of alkyl halides is 3. The van der Waals surface area contributed by atoms with E-state index in [1.54, 1.807) is 11.0 Å². The first kappa shape index (κ1) is 42.0. The zero-order chi connectivity index (χ0) is 42.1. The largest absolute Gasteiger partial charge is 0.492 e. The highest BCUT2D eigenvalue weighted by Crippen LogP contribution is 2.49. The van der Waals surface area contributed by atoms with Gasteiger partial charge in [0.25, 0.3) is 5.91 Å². The molecule has 3 aromatic carbocycles. The van der Waals surface area contributed by atoms with Crippen LogP contribution >= 0.6 is 12.2 Å². The Balaban J connectivity index is 0.925. The molecule has 1 saturated carbocycles. The van der Waals surface area contributed by atoms with Gasteiger partial charge in [-0.15, -0.1) is 0 Å². The zero-order valence-electron chi connectivity index (χ0n) is 33.1. The Morgan fingerprint density at radius 3 is 2.47 bits per heavy atom. The number of carbonyl (C=O) groups is 4. The van der Waals surface area contributed by atoms with Gasteiger partial charge in [0.1, 0.15) is 17.9 Å². The molecular weight excluding hydrogens is 782 g/mol. The number of ketones is 1. The Morgan fingerprint density at radius 2 is 1.80 bits per heavy atom. The van der Waals surface area contributed by atoms with E-state index in [4.69, 9.17) is 17.0 Å². The van der Waals surface area contributed by atoms with Crippen molar-refractivity contribution in [3.8, 4) is 11.8 Å². The number of thiocarbonyl (C=S) groups is 1. The Bertz CT molecular complexity index is 2200. The number of piperazine rings is 1. The normalized spacial score (nSPS) is 21.1. The number of nitrogens with one attached hydrogen (secondary N) is 1. The van der Waals surface area contributed by atoms with Gasteiger partial charge in [-0.25, -0.2) is 0 Å². The molecule has 3 saturated heterocycles. The van der Waals surface area contributed by atoms with Crippen molar-refractivity contribution in [2.45, 2.75) is 83.0 Å². The van der Waals surface area contributed by atoms with Crippen molar-refractivity contribution in [3.05, 3.63) is 88.5 Å². The minimum absolute atomic E-state index is 0.0244. The SMILES string of the molecule is CCc1cc(N2C(=S)N(c3ccc(C#N)c(C(F)(F)F)c3)C(=O)C23CCC3)ccc1OCCN1CCN(CC(=O)Cc2cccc(CC3CCC(=O)NC3=O)c2)[C@H](C)C1. The first-order valence-corrected chi connectivity index (χ1v) is 20.6. The Kier molecular flexibility index (Phi) is 12.2. The number of benzene rings is 3. The number of hydrogen-bond donors (Lipinski definition) is 1. The fraction of sp³-hybridized carbons (Fsp3) is 0.455. The third kappa shape index (κ3) is 8.76. The van der Waals surface area contributed by atoms with E-state index in [1.165, 1.54) is 11.0 Å². The summed E-state index contributed by atoms with van der Waals surface area (Å²) in [6.07, 6.45) is -0.649. The van der Waals surface area contributed by atoms with Crippen LogP contribution in [0.15, 0.2) is 60.7 Å². The lowest BCUT2D eigenvalue weighted by atomic mass is 9.75. The standard InChI is InChI=1S/C44H47F3N6O5S/c1-3-31-23-35(53-42(59)52(41(57)43(53)14-5-15-43)34-10-8-33(25-48)37(24-34)44(45,46)47)11-12-38(31)58-19-18-50-16-17-51(28(2)26-50)27-36(54)22-30-7-4-6-29(20-30)21-32-9-13-39(55)49-40(32)56/h4,6-8,10-12,20,23-24,28,32H,3,5,9,13-19,21-22,26-27H2,1-2H3,(H,49,55,56)/t28-,32?/m1/s1. The first-order valence-electron chi connectivity index (χ1n) is 20.2. The van der Waals surface area contributed by atoms with Crippen LogP contribution in [0.1, 0.15) is 73.8 Å². The molecule has 1 aliphatic carbocycles. The van der Waals surface area contributed by atoms with Crippen LogP contribution in [0.25, 0.3) is 0 Å². The summed E-state index contributed by atoms with van der Waals surface area (Å²) in [4.78, 5) is 58.4. The van der Waals surface area contributed by atoms with Crippen molar-refractivity contribution in [2.24, 2.45) is 5.92 Å². The molecule has 1 spiro atoms. The van der Waals surface area contributed by atoms with Gasteiger partial charge in [-0.05, 0) is 111 Å². The summed E-state index contributed by atoms with van der Waals surface area (Å²) in [5.74, 6) is -0.261. The van der Waals surface area contributed by atoms with Crippen LogP contribution in [0.2, 0.25) is 0 Å². The molecule has 11 nitrogen and oxygen atoms in total. The molecule has 4 fully saturated rings. The number of Topliss-reactive ketones (excluding diaryl/α,β-unsaturated/α-hetero) is 1. The summed E-state index contributed by atoms with van der Waals surface area (Å²) in [5.41, 5.74) is 0.799. The monoisotopic (exact) mass is 828 g/mol. The number of nitriles is 1. The average molecular weight is 829 g/mol. The molecule has 2 atom stereocenters. The molecule has 310 valence electrons. The second-order valence-corrected chi connectivity index (χ2v) is 16.3. The minimum atomic E-state index is -4.78. The van der Waals surface area contributed by atoms with Gasteiger partial charge < -0.3 is 9.64 Å². The van der Waals surface area contributed by atoms with E-state index < -0.39 is 22.8 Å². The lowest BCUT2D eigenvalue weighted by Crippen LogP contribution is -2.55. The van der Waals surface area contributed by atoms with Crippen molar-refractivity contribution >= 4 is 52.2 Å². The van der Waals surface area contributed by atoms with E-state index in [1.807, 2.05) is 49.4 Å². The minimum Gasteiger partial charge on any atom is -0.492 e. The van der Waals surface area contributed by atoms with Crippen molar-refractivity contribution in [2.75, 3.05) is 49.1 Å². The second kappa shape index (κ2) is 17.2. The maximum atomic E-state index is 14.0. The molecule has 4 aliphatic rings. The lowest BCUT2D eigenvalue weighted by molar-refractivity contribution is -0.138. The van der Waals surface area contributed by atoms with Crippen molar-refractivity contribution < 1.29 is 37.1 Å². The number of halogens is 3. The number of carbonyl (C=O) groups excluding carboxylic acids is 4. The molecular formula is C44H47F3N6O5S. The molecule has 3 amide bonds. The fourth-order valence-electron chi connectivity index (χ4n) is 8.72. The maximum absolute atomic E-state index is 14.0. The third-order valence-corrected chi connectivity index (χ3v) is 12.4. The van der Waals surface area contributed by atoms with Gasteiger partial charge in [0, 0.05) is 56.7 Å². The number of ether oxygens (including phenoxy) is 1. The lowest BCUT2D eigenvalue weighted by Gasteiger charge is -2.43. The van der Waals surface area contributed by atoms with E-state index in [0.717, 1.165) is 54.9 Å². The van der Waals surface area contributed by atoms with Crippen LogP contribution < -0.4 is 19.9 Å². The van der Waals surface area contributed by atoms with E-state index in [-0.39, 0.29) is 46.3 Å². The maximum Gasteiger partial charge on any atom is 0.417 e. The number of rotatable bonds is 13. The molecule has 7 rings (SSSR count). The Morgan fingerprint density at radius 1 is 1.03 bits per heavy atom. The number of anilines is 2. The van der Waals surface area contributed by atoms with Gasteiger partial charge in [-0.2, -0.15) is 18.4 Å². The fourth-order valence-corrected chi connectivity index (χ4v) is 9.19. The Hall–Kier alpha value is -5.17. The molecule has 1 unspecified atom stereocenters. The second-order valence-electron chi connectivity index (χ2n) is 16.0. The molecule has 59 heavy (non-hydrogen) atoms. The Labute approximate surface area is 347 Å². The van der Waals surface area contributed by atoms with Gasteiger partial charge in [-0.3, -0.25) is 39.2 Å². The van der Waals surface area contributed by atoms with E-state index >= 15 is 0 Å². The smallest absolute Gasteiger partial charge is 0.417 e. The first-order chi connectivity index (χ1) is 28.2.